The molecule has 0 fully saturated rings. The lowest BCUT2D eigenvalue weighted by atomic mass is 9.99. The van der Waals surface area contributed by atoms with Crippen LogP contribution in [0.25, 0.3) is 22.0 Å². The molecular formula is C25H27FN4O2. The number of alkyl halides is 1. The van der Waals surface area contributed by atoms with Crippen molar-refractivity contribution in [2.24, 2.45) is 0 Å². The van der Waals surface area contributed by atoms with Crippen LogP contribution in [0.4, 0.5) is 10.1 Å². The lowest BCUT2D eigenvalue weighted by Crippen LogP contribution is -2.42. The van der Waals surface area contributed by atoms with Crippen LogP contribution in [-0.4, -0.2) is 40.4 Å². The highest BCUT2D eigenvalue weighted by atomic mass is 19.1. The van der Waals surface area contributed by atoms with E-state index in [1.165, 1.54) is 20.0 Å². The van der Waals surface area contributed by atoms with Gasteiger partial charge in [-0.3, -0.25) is 9.78 Å². The number of nitrogens with zero attached hydrogens (tertiary/aromatic N) is 2. The zero-order valence-electron chi connectivity index (χ0n) is 18.6. The highest BCUT2D eigenvalue weighted by Crippen LogP contribution is 2.31. The number of aromatic nitrogens is 1. The van der Waals surface area contributed by atoms with E-state index in [1.807, 2.05) is 44.2 Å². The summed E-state index contributed by atoms with van der Waals surface area (Å²) < 4.78 is 14.1. The molecule has 7 heteroatoms. The van der Waals surface area contributed by atoms with Crippen LogP contribution in [0.5, 0.6) is 0 Å². The van der Waals surface area contributed by atoms with Gasteiger partial charge in [0.05, 0.1) is 40.5 Å². The number of fused-ring (bicyclic) bond motifs is 1. The molecule has 0 bridgehead atoms. The van der Waals surface area contributed by atoms with Crippen molar-refractivity contribution in [3.8, 4) is 17.2 Å². The van der Waals surface area contributed by atoms with E-state index in [0.29, 0.717) is 16.8 Å². The average Bonchev–Trinajstić information content (AvgIpc) is 2.76. The fourth-order valence-electron chi connectivity index (χ4n) is 3.28. The Morgan fingerprint density at radius 1 is 1.22 bits per heavy atom. The van der Waals surface area contributed by atoms with Crippen LogP contribution in [-0.2, 0) is 0 Å². The third-order valence-corrected chi connectivity index (χ3v) is 5.08. The number of nitriles is 1. The van der Waals surface area contributed by atoms with E-state index in [1.54, 1.807) is 12.1 Å². The van der Waals surface area contributed by atoms with Crippen molar-refractivity contribution < 1.29 is 14.3 Å². The van der Waals surface area contributed by atoms with Gasteiger partial charge in [0.25, 0.3) is 5.91 Å². The normalized spacial score (nSPS) is 12.4. The van der Waals surface area contributed by atoms with E-state index < -0.39 is 17.7 Å². The molecule has 0 saturated carbocycles. The topological polar surface area (TPSA) is 98.0 Å². The van der Waals surface area contributed by atoms with E-state index in [0.717, 1.165) is 16.5 Å². The molecule has 1 amide bonds. The number of carbonyl (C=O) groups excluding carboxylic acids is 1. The number of halogens is 1. The fourth-order valence-corrected chi connectivity index (χ4v) is 3.28. The van der Waals surface area contributed by atoms with Gasteiger partial charge in [0.15, 0.2) is 0 Å². The van der Waals surface area contributed by atoms with Crippen molar-refractivity contribution >= 4 is 22.5 Å². The van der Waals surface area contributed by atoms with E-state index in [9.17, 15) is 19.6 Å². The maximum atomic E-state index is 14.1. The molecule has 0 radical (unpaired) electrons. The summed E-state index contributed by atoms with van der Waals surface area (Å²) in [7, 11) is 0. The standard InChI is InChI=1S/C25H27FN4O2/c1-15(2)30-23-19-11-18(17-7-5-6-16(10-17)12-27)8-9-21(19)28-13-20(23)24(31)29-14-22(26)25(3,4)32/h5-11,13,15,22,32H,14H2,1-4H3,(H,28,30)(H,29,31). The molecule has 3 rings (SSSR count). The van der Waals surface area contributed by atoms with Crippen LogP contribution < -0.4 is 10.6 Å². The van der Waals surface area contributed by atoms with Gasteiger partial charge in [-0.15, -0.1) is 0 Å². The number of anilines is 1. The van der Waals surface area contributed by atoms with Crippen LogP contribution >= 0.6 is 0 Å². The van der Waals surface area contributed by atoms with Gasteiger partial charge in [-0.25, -0.2) is 4.39 Å². The van der Waals surface area contributed by atoms with Crippen LogP contribution in [0.15, 0.2) is 48.7 Å². The van der Waals surface area contributed by atoms with Crippen molar-refractivity contribution in [2.75, 3.05) is 11.9 Å². The molecule has 0 aliphatic rings. The van der Waals surface area contributed by atoms with Crippen LogP contribution in [0.2, 0.25) is 0 Å². The van der Waals surface area contributed by atoms with Gasteiger partial charge in [-0.2, -0.15) is 5.26 Å². The zero-order valence-corrected chi connectivity index (χ0v) is 18.6. The van der Waals surface area contributed by atoms with E-state index >= 15 is 0 Å². The molecule has 3 N–H and O–H groups in total. The van der Waals surface area contributed by atoms with Crippen molar-refractivity contribution in [1.29, 1.82) is 5.26 Å². The Morgan fingerprint density at radius 3 is 2.59 bits per heavy atom. The predicted octanol–water partition coefficient (Wildman–Crippen LogP) is 4.43. The van der Waals surface area contributed by atoms with Crippen LogP contribution in [0.3, 0.4) is 0 Å². The van der Waals surface area contributed by atoms with Crippen molar-refractivity contribution in [1.82, 2.24) is 10.3 Å². The minimum atomic E-state index is -1.61. The molecule has 3 aromatic rings. The summed E-state index contributed by atoms with van der Waals surface area (Å²) in [6, 6.07) is 15.2. The molecule has 0 aliphatic carbocycles. The van der Waals surface area contributed by atoms with Crippen molar-refractivity contribution in [3.63, 3.8) is 0 Å². The Morgan fingerprint density at radius 2 is 1.94 bits per heavy atom. The number of hydrogen-bond donors (Lipinski definition) is 3. The fraction of sp³-hybridized carbons (Fsp3) is 0.320. The van der Waals surface area contributed by atoms with Gasteiger partial charge in [0.2, 0.25) is 0 Å². The average molecular weight is 435 g/mol. The molecule has 166 valence electrons. The number of hydrogen-bond acceptors (Lipinski definition) is 5. The predicted molar refractivity (Wildman–Crippen MR) is 124 cm³/mol. The lowest BCUT2D eigenvalue weighted by Gasteiger charge is -2.23. The highest BCUT2D eigenvalue weighted by molar-refractivity contribution is 6.07. The first-order valence-corrected chi connectivity index (χ1v) is 10.4. The Kier molecular flexibility index (Phi) is 6.75. The number of nitrogens with one attached hydrogen (secondary N) is 2. The first kappa shape index (κ1) is 23.2. The maximum Gasteiger partial charge on any atom is 0.255 e. The van der Waals surface area contributed by atoms with Crippen molar-refractivity contribution in [2.45, 2.75) is 45.5 Å². The molecule has 1 heterocycles. The number of aliphatic hydroxyl groups is 1. The smallest absolute Gasteiger partial charge is 0.255 e. The minimum absolute atomic E-state index is 0.0306. The largest absolute Gasteiger partial charge is 0.387 e. The summed E-state index contributed by atoms with van der Waals surface area (Å²) in [5, 5.41) is 25.6. The first-order valence-electron chi connectivity index (χ1n) is 10.4. The Hall–Kier alpha value is -3.50. The molecular weight excluding hydrogens is 407 g/mol. The first-order chi connectivity index (χ1) is 15.1. The van der Waals surface area contributed by atoms with Gasteiger partial charge in [-0.1, -0.05) is 18.2 Å². The second-order valence-electron chi connectivity index (χ2n) is 8.60. The van der Waals surface area contributed by atoms with E-state index in [2.05, 4.69) is 21.7 Å². The Balaban J connectivity index is 2.05. The molecule has 1 unspecified atom stereocenters. The monoisotopic (exact) mass is 434 g/mol. The Labute approximate surface area is 187 Å². The van der Waals surface area contributed by atoms with Gasteiger partial charge in [0.1, 0.15) is 6.17 Å². The quantitative estimate of drug-likeness (QED) is 0.511. The number of carbonyl (C=O) groups is 1. The van der Waals surface area contributed by atoms with Crippen LogP contribution in [0, 0.1) is 11.3 Å². The zero-order chi connectivity index (χ0) is 23.5. The third-order valence-electron chi connectivity index (χ3n) is 5.08. The molecule has 1 aromatic heterocycles. The maximum absolute atomic E-state index is 14.1. The molecule has 0 saturated heterocycles. The van der Waals surface area contributed by atoms with E-state index in [4.69, 9.17) is 0 Å². The summed E-state index contributed by atoms with van der Waals surface area (Å²) in [6.45, 7) is 6.31. The number of rotatable bonds is 7. The van der Waals surface area contributed by atoms with Gasteiger partial charge >= 0.3 is 0 Å². The molecule has 0 aliphatic heterocycles. The summed E-state index contributed by atoms with van der Waals surface area (Å²) >= 11 is 0. The van der Waals surface area contributed by atoms with Gasteiger partial charge in [-0.05, 0) is 63.1 Å². The molecule has 6 nitrogen and oxygen atoms in total. The van der Waals surface area contributed by atoms with Gasteiger partial charge in [0, 0.05) is 17.6 Å². The number of pyridine rings is 1. The molecule has 2 aromatic carbocycles. The van der Waals surface area contributed by atoms with Crippen LogP contribution in [0.1, 0.15) is 43.6 Å². The Bertz CT molecular complexity index is 1180. The number of amides is 1. The molecule has 0 spiro atoms. The summed E-state index contributed by atoms with van der Waals surface area (Å²) in [5.41, 5.74) is 2.34. The minimum Gasteiger partial charge on any atom is -0.387 e. The van der Waals surface area contributed by atoms with Gasteiger partial charge < -0.3 is 15.7 Å². The number of benzene rings is 2. The molecule has 32 heavy (non-hydrogen) atoms. The molecule has 1 atom stereocenters. The second-order valence-corrected chi connectivity index (χ2v) is 8.60. The third kappa shape index (κ3) is 5.21. The summed E-state index contributed by atoms with van der Waals surface area (Å²) in [4.78, 5) is 17.3. The SMILES string of the molecule is CC(C)Nc1c(C(=O)NCC(F)C(C)(C)O)cnc2ccc(-c3cccc(C#N)c3)cc12. The van der Waals surface area contributed by atoms with E-state index in [-0.39, 0.29) is 18.2 Å². The van der Waals surface area contributed by atoms with Crippen molar-refractivity contribution in [3.05, 3.63) is 59.8 Å². The summed E-state index contributed by atoms with van der Waals surface area (Å²) in [6.07, 6.45) is -0.143. The summed E-state index contributed by atoms with van der Waals surface area (Å²) in [5.74, 6) is -0.480. The second kappa shape index (κ2) is 9.33. The lowest BCUT2D eigenvalue weighted by molar-refractivity contribution is -0.00177. The highest BCUT2D eigenvalue weighted by Gasteiger charge is 2.27.